The third kappa shape index (κ3) is 5.41. The van der Waals surface area contributed by atoms with Gasteiger partial charge in [-0.15, -0.1) is 0 Å². The van der Waals surface area contributed by atoms with Gasteiger partial charge in [0.1, 0.15) is 10.6 Å². The molecule has 31 heavy (non-hydrogen) atoms. The van der Waals surface area contributed by atoms with E-state index in [0.29, 0.717) is 11.3 Å². The van der Waals surface area contributed by atoms with Crippen molar-refractivity contribution >= 4 is 21.6 Å². The van der Waals surface area contributed by atoms with Gasteiger partial charge in [0.05, 0.1) is 18.7 Å². The SMILES string of the molecule is COc1ccc(C(=O)NCc2ccc(C#N)cc2)cc1S(=O)(=O)Nc1ccc(C)cc1. The smallest absolute Gasteiger partial charge is 0.265 e. The Morgan fingerprint density at radius 2 is 1.71 bits per heavy atom. The van der Waals surface area contributed by atoms with Gasteiger partial charge in [0, 0.05) is 17.8 Å². The molecule has 3 aromatic carbocycles. The van der Waals surface area contributed by atoms with Crippen LogP contribution in [-0.4, -0.2) is 21.4 Å². The van der Waals surface area contributed by atoms with Crippen molar-refractivity contribution in [1.82, 2.24) is 5.32 Å². The summed E-state index contributed by atoms with van der Waals surface area (Å²) in [5, 5.41) is 11.6. The van der Waals surface area contributed by atoms with E-state index in [1.807, 2.05) is 13.0 Å². The largest absolute Gasteiger partial charge is 0.495 e. The summed E-state index contributed by atoms with van der Waals surface area (Å²) in [4.78, 5) is 12.5. The van der Waals surface area contributed by atoms with Crippen LogP contribution in [0.25, 0.3) is 0 Å². The first kappa shape index (κ1) is 21.9. The van der Waals surface area contributed by atoms with Gasteiger partial charge in [-0.05, 0) is 55.0 Å². The molecule has 0 aromatic heterocycles. The summed E-state index contributed by atoms with van der Waals surface area (Å²) < 4.78 is 33.6. The number of anilines is 1. The standard InChI is InChI=1S/C23H21N3O4S/c1-16-3-10-20(11-4-16)26-31(28,29)22-13-19(9-12-21(22)30-2)23(27)25-15-18-7-5-17(14-24)6-8-18/h3-13,26H,15H2,1-2H3,(H,25,27). The Balaban J connectivity index is 1.80. The Labute approximate surface area is 181 Å². The molecule has 0 aliphatic heterocycles. The van der Waals surface area contributed by atoms with Crippen LogP contribution in [-0.2, 0) is 16.6 Å². The van der Waals surface area contributed by atoms with Gasteiger partial charge < -0.3 is 10.1 Å². The Kier molecular flexibility index (Phi) is 6.58. The molecule has 0 radical (unpaired) electrons. The monoisotopic (exact) mass is 435 g/mol. The van der Waals surface area contributed by atoms with Gasteiger partial charge in [0.2, 0.25) is 0 Å². The molecule has 3 rings (SSSR count). The highest BCUT2D eigenvalue weighted by Crippen LogP contribution is 2.27. The van der Waals surface area contributed by atoms with Gasteiger partial charge >= 0.3 is 0 Å². The summed E-state index contributed by atoms with van der Waals surface area (Å²) in [5.41, 5.74) is 2.93. The van der Waals surface area contributed by atoms with E-state index in [4.69, 9.17) is 10.00 Å². The predicted molar refractivity (Wildman–Crippen MR) is 117 cm³/mol. The molecule has 0 unspecified atom stereocenters. The number of ether oxygens (including phenoxy) is 1. The molecule has 2 N–H and O–H groups in total. The fourth-order valence-electron chi connectivity index (χ4n) is 2.84. The van der Waals surface area contributed by atoms with Gasteiger partial charge in [0.15, 0.2) is 0 Å². The zero-order chi connectivity index (χ0) is 22.4. The highest BCUT2D eigenvalue weighted by Gasteiger charge is 2.22. The lowest BCUT2D eigenvalue weighted by atomic mass is 10.1. The number of carbonyl (C=O) groups excluding carboxylic acids is 1. The minimum atomic E-state index is -3.99. The summed E-state index contributed by atoms with van der Waals surface area (Å²) in [6, 6.07) is 20.0. The summed E-state index contributed by atoms with van der Waals surface area (Å²) in [5.74, 6) is -0.304. The van der Waals surface area contributed by atoms with Gasteiger partial charge in [0.25, 0.3) is 15.9 Å². The topological polar surface area (TPSA) is 108 Å². The van der Waals surface area contributed by atoms with Gasteiger partial charge in [-0.25, -0.2) is 8.42 Å². The van der Waals surface area contributed by atoms with Crippen LogP contribution in [0.4, 0.5) is 5.69 Å². The average molecular weight is 436 g/mol. The molecule has 8 heteroatoms. The van der Waals surface area contributed by atoms with Crippen LogP contribution in [0.15, 0.2) is 71.6 Å². The van der Waals surface area contributed by atoms with Crippen molar-refractivity contribution in [3.8, 4) is 11.8 Å². The second-order valence-electron chi connectivity index (χ2n) is 6.83. The molecule has 158 valence electrons. The number of carbonyl (C=O) groups is 1. The maximum Gasteiger partial charge on any atom is 0.265 e. The molecule has 0 aliphatic carbocycles. The molecule has 0 saturated carbocycles. The Bertz CT molecular complexity index is 1230. The first-order chi connectivity index (χ1) is 14.8. The molecule has 0 atom stereocenters. The lowest BCUT2D eigenvalue weighted by Crippen LogP contribution is -2.23. The van der Waals surface area contributed by atoms with Gasteiger partial charge in [-0.1, -0.05) is 29.8 Å². The number of hydrogen-bond acceptors (Lipinski definition) is 5. The van der Waals surface area contributed by atoms with Crippen LogP contribution >= 0.6 is 0 Å². The van der Waals surface area contributed by atoms with Crippen LogP contribution in [0.2, 0.25) is 0 Å². The fraction of sp³-hybridized carbons (Fsp3) is 0.130. The Morgan fingerprint density at radius 1 is 1.03 bits per heavy atom. The average Bonchev–Trinajstić information content (AvgIpc) is 2.78. The van der Waals surface area contributed by atoms with Crippen molar-refractivity contribution in [2.75, 3.05) is 11.8 Å². The molecular formula is C23H21N3O4S. The molecule has 0 spiro atoms. The lowest BCUT2D eigenvalue weighted by molar-refractivity contribution is 0.0950. The summed E-state index contributed by atoms with van der Waals surface area (Å²) in [6.07, 6.45) is 0. The minimum Gasteiger partial charge on any atom is -0.495 e. The number of hydrogen-bond donors (Lipinski definition) is 2. The van der Waals surface area contributed by atoms with E-state index < -0.39 is 15.9 Å². The maximum absolute atomic E-state index is 12.9. The summed E-state index contributed by atoms with van der Waals surface area (Å²) in [7, 11) is -2.62. The number of methoxy groups -OCH3 is 1. The number of nitrogens with zero attached hydrogens (tertiary/aromatic N) is 1. The normalized spacial score (nSPS) is 10.7. The van der Waals surface area contributed by atoms with Crippen LogP contribution in [0.5, 0.6) is 5.75 Å². The summed E-state index contributed by atoms with van der Waals surface area (Å²) in [6.45, 7) is 2.14. The molecule has 3 aromatic rings. The van der Waals surface area contributed by atoms with Crippen LogP contribution in [0.1, 0.15) is 27.0 Å². The summed E-state index contributed by atoms with van der Waals surface area (Å²) >= 11 is 0. The number of aryl methyl sites for hydroxylation is 1. The predicted octanol–water partition coefficient (Wildman–Crippen LogP) is 3.61. The molecule has 0 saturated heterocycles. The van der Waals surface area contributed by atoms with Crippen molar-refractivity contribution in [1.29, 1.82) is 5.26 Å². The minimum absolute atomic E-state index is 0.128. The van der Waals surface area contributed by atoms with E-state index in [0.717, 1.165) is 11.1 Å². The van der Waals surface area contributed by atoms with Crippen molar-refractivity contribution < 1.29 is 17.9 Å². The number of sulfonamides is 1. The maximum atomic E-state index is 12.9. The van der Waals surface area contributed by atoms with Crippen molar-refractivity contribution in [2.45, 2.75) is 18.4 Å². The number of amides is 1. The number of nitriles is 1. The van der Waals surface area contributed by atoms with E-state index in [2.05, 4.69) is 10.0 Å². The lowest BCUT2D eigenvalue weighted by Gasteiger charge is -2.13. The van der Waals surface area contributed by atoms with E-state index in [1.54, 1.807) is 48.5 Å². The molecule has 0 bridgehead atoms. The molecule has 0 aliphatic rings. The third-order valence-corrected chi connectivity index (χ3v) is 5.96. The Hall–Kier alpha value is -3.83. The van der Waals surface area contributed by atoms with E-state index in [-0.39, 0.29) is 22.8 Å². The number of rotatable bonds is 7. The van der Waals surface area contributed by atoms with Crippen LogP contribution in [0, 0.1) is 18.3 Å². The van der Waals surface area contributed by atoms with Crippen LogP contribution < -0.4 is 14.8 Å². The Morgan fingerprint density at radius 3 is 2.32 bits per heavy atom. The first-order valence-corrected chi connectivity index (χ1v) is 10.9. The van der Waals surface area contributed by atoms with Crippen molar-refractivity contribution in [3.63, 3.8) is 0 Å². The number of benzene rings is 3. The number of nitrogens with one attached hydrogen (secondary N) is 2. The van der Waals surface area contributed by atoms with Gasteiger partial charge in [-0.3, -0.25) is 9.52 Å². The zero-order valence-corrected chi connectivity index (χ0v) is 17.9. The zero-order valence-electron chi connectivity index (χ0n) is 17.0. The second-order valence-corrected chi connectivity index (χ2v) is 8.48. The fourth-order valence-corrected chi connectivity index (χ4v) is 4.10. The van der Waals surface area contributed by atoms with Gasteiger partial charge in [-0.2, -0.15) is 5.26 Å². The highest BCUT2D eigenvalue weighted by atomic mass is 32.2. The highest BCUT2D eigenvalue weighted by molar-refractivity contribution is 7.92. The molecule has 7 nitrogen and oxygen atoms in total. The second kappa shape index (κ2) is 9.32. The van der Waals surface area contributed by atoms with E-state index in [1.165, 1.54) is 25.3 Å². The third-order valence-electron chi connectivity index (χ3n) is 4.56. The van der Waals surface area contributed by atoms with Crippen LogP contribution in [0.3, 0.4) is 0 Å². The van der Waals surface area contributed by atoms with Crippen molar-refractivity contribution in [2.24, 2.45) is 0 Å². The first-order valence-electron chi connectivity index (χ1n) is 9.37. The molecular weight excluding hydrogens is 414 g/mol. The quantitative estimate of drug-likeness (QED) is 0.589. The van der Waals surface area contributed by atoms with Crippen molar-refractivity contribution in [3.05, 3.63) is 89.0 Å². The molecule has 0 fully saturated rings. The molecule has 0 heterocycles. The van der Waals surface area contributed by atoms with E-state index in [9.17, 15) is 13.2 Å². The molecule has 1 amide bonds. The van der Waals surface area contributed by atoms with E-state index >= 15 is 0 Å².